The number of benzene rings is 2. The Morgan fingerprint density at radius 3 is 2.44 bits per heavy atom. The summed E-state index contributed by atoms with van der Waals surface area (Å²) in [6.07, 6.45) is 3.66. The molecular formula is C23H23N5O4. The topological polar surface area (TPSA) is 110 Å². The Kier molecular flexibility index (Phi) is 6.25. The number of carbonyl (C=O) groups is 1. The van der Waals surface area contributed by atoms with Gasteiger partial charge in [-0.25, -0.2) is 4.68 Å². The zero-order chi connectivity index (χ0) is 22.5. The fourth-order valence-corrected chi connectivity index (χ4v) is 3.78. The van der Waals surface area contributed by atoms with E-state index in [-0.39, 0.29) is 17.9 Å². The quantitative estimate of drug-likeness (QED) is 0.471. The van der Waals surface area contributed by atoms with E-state index in [0.29, 0.717) is 5.69 Å². The highest BCUT2D eigenvalue weighted by Gasteiger charge is 2.16. The van der Waals surface area contributed by atoms with Gasteiger partial charge in [0.15, 0.2) is 0 Å². The summed E-state index contributed by atoms with van der Waals surface area (Å²) in [5.41, 5.74) is 1.97. The van der Waals surface area contributed by atoms with Gasteiger partial charge >= 0.3 is 0 Å². The van der Waals surface area contributed by atoms with Gasteiger partial charge in [0.2, 0.25) is 5.91 Å². The van der Waals surface area contributed by atoms with E-state index in [4.69, 9.17) is 0 Å². The van der Waals surface area contributed by atoms with Crippen LogP contribution in [0.2, 0.25) is 0 Å². The highest BCUT2D eigenvalue weighted by Crippen LogP contribution is 2.24. The smallest absolute Gasteiger partial charge is 0.292 e. The molecule has 1 aromatic heterocycles. The lowest BCUT2D eigenvalue weighted by Crippen LogP contribution is -2.29. The standard InChI is InChI=1S/C23H23N5O4/c29-22(24-20-6-2-3-7-21(20)28(31)32)16-27-23(30)13-12-19(25-27)17-8-10-18(11-9-17)26-14-4-1-5-15-26/h2-3,6-13H,1,4-5,14-16H2,(H,24,29). The van der Waals surface area contributed by atoms with E-state index in [2.05, 4.69) is 15.3 Å². The first-order chi connectivity index (χ1) is 15.5. The molecule has 0 unspecified atom stereocenters. The summed E-state index contributed by atoms with van der Waals surface area (Å²) in [7, 11) is 0. The number of nitrogens with one attached hydrogen (secondary N) is 1. The van der Waals surface area contributed by atoms with Gasteiger partial charge in [0.05, 0.1) is 10.6 Å². The first-order valence-corrected chi connectivity index (χ1v) is 10.5. The van der Waals surface area contributed by atoms with E-state index in [1.165, 1.54) is 43.5 Å². The van der Waals surface area contributed by atoms with Gasteiger partial charge in [-0.3, -0.25) is 19.7 Å². The molecule has 1 amide bonds. The highest BCUT2D eigenvalue weighted by atomic mass is 16.6. The lowest BCUT2D eigenvalue weighted by Gasteiger charge is -2.28. The second-order valence-electron chi connectivity index (χ2n) is 7.63. The summed E-state index contributed by atoms with van der Waals surface area (Å²) in [6.45, 7) is 1.75. The van der Waals surface area contributed by atoms with Crippen molar-refractivity contribution in [3.05, 3.63) is 81.1 Å². The number of nitro benzene ring substituents is 1. The molecule has 9 nitrogen and oxygen atoms in total. The number of nitrogens with zero attached hydrogens (tertiary/aromatic N) is 4. The van der Waals surface area contributed by atoms with E-state index in [0.717, 1.165) is 29.0 Å². The molecule has 2 aromatic carbocycles. The van der Waals surface area contributed by atoms with Crippen LogP contribution in [-0.4, -0.2) is 33.7 Å². The van der Waals surface area contributed by atoms with Crippen molar-refractivity contribution in [1.29, 1.82) is 0 Å². The van der Waals surface area contributed by atoms with Gasteiger partial charge in [0, 0.05) is 36.5 Å². The molecule has 32 heavy (non-hydrogen) atoms. The maximum Gasteiger partial charge on any atom is 0.292 e. The number of aromatic nitrogens is 2. The van der Waals surface area contributed by atoms with Gasteiger partial charge in [-0.05, 0) is 43.5 Å². The minimum absolute atomic E-state index is 0.0694. The number of hydrogen-bond donors (Lipinski definition) is 1. The van der Waals surface area contributed by atoms with Gasteiger partial charge in [0.1, 0.15) is 12.2 Å². The number of hydrogen-bond acceptors (Lipinski definition) is 6. The molecule has 0 radical (unpaired) electrons. The Balaban J connectivity index is 1.50. The zero-order valence-electron chi connectivity index (χ0n) is 17.4. The lowest BCUT2D eigenvalue weighted by atomic mass is 10.1. The van der Waals surface area contributed by atoms with Crippen molar-refractivity contribution in [3.8, 4) is 11.3 Å². The van der Waals surface area contributed by atoms with E-state index in [1.54, 1.807) is 12.1 Å². The molecule has 1 aliphatic rings. The lowest BCUT2D eigenvalue weighted by molar-refractivity contribution is -0.383. The average molecular weight is 433 g/mol. The molecule has 1 aliphatic heterocycles. The Hall–Kier alpha value is -4.01. The second kappa shape index (κ2) is 9.42. The number of piperidine rings is 1. The third-order valence-electron chi connectivity index (χ3n) is 5.42. The third kappa shape index (κ3) is 4.83. The Morgan fingerprint density at radius 2 is 1.72 bits per heavy atom. The molecule has 0 aliphatic carbocycles. The number of carbonyl (C=O) groups excluding carboxylic acids is 1. The van der Waals surface area contributed by atoms with Crippen LogP contribution in [0.15, 0.2) is 65.5 Å². The molecule has 0 saturated carbocycles. The summed E-state index contributed by atoms with van der Waals surface area (Å²) in [4.78, 5) is 37.6. The molecular weight excluding hydrogens is 410 g/mol. The number of anilines is 2. The molecule has 0 bridgehead atoms. The SMILES string of the molecule is O=C(Cn1nc(-c2ccc(N3CCCCC3)cc2)ccc1=O)Nc1ccccc1[N+](=O)[O-]. The Morgan fingerprint density at radius 1 is 1.00 bits per heavy atom. The minimum Gasteiger partial charge on any atom is -0.372 e. The molecule has 2 heterocycles. The molecule has 164 valence electrons. The molecule has 1 N–H and O–H groups in total. The Bertz CT molecular complexity index is 1180. The first kappa shape index (κ1) is 21.2. The fraction of sp³-hybridized carbons (Fsp3) is 0.261. The second-order valence-corrected chi connectivity index (χ2v) is 7.63. The maximum atomic E-state index is 12.4. The van der Waals surface area contributed by atoms with Crippen molar-refractivity contribution in [2.24, 2.45) is 0 Å². The highest BCUT2D eigenvalue weighted by molar-refractivity contribution is 5.92. The number of rotatable bonds is 6. The molecule has 0 spiro atoms. The van der Waals surface area contributed by atoms with Gasteiger partial charge < -0.3 is 10.2 Å². The minimum atomic E-state index is -0.577. The number of amides is 1. The van der Waals surface area contributed by atoms with Crippen LogP contribution in [0.4, 0.5) is 17.1 Å². The van der Waals surface area contributed by atoms with E-state index >= 15 is 0 Å². The van der Waals surface area contributed by atoms with Crippen LogP contribution >= 0.6 is 0 Å². The summed E-state index contributed by atoms with van der Waals surface area (Å²) >= 11 is 0. The van der Waals surface area contributed by atoms with Crippen molar-refractivity contribution >= 4 is 23.0 Å². The van der Waals surface area contributed by atoms with Crippen LogP contribution in [0.3, 0.4) is 0 Å². The fourth-order valence-electron chi connectivity index (χ4n) is 3.78. The van der Waals surface area contributed by atoms with Crippen LogP contribution in [0.5, 0.6) is 0 Å². The van der Waals surface area contributed by atoms with Crippen molar-refractivity contribution in [3.63, 3.8) is 0 Å². The van der Waals surface area contributed by atoms with Crippen LogP contribution in [0.25, 0.3) is 11.3 Å². The monoisotopic (exact) mass is 433 g/mol. The molecule has 1 fully saturated rings. The molecule has 4 rings (SSSR count). The zero-order valence-corrected chi connectivity index (χ0v) is 17.4. The molecule has 9 heteroatoms. The van der Waals surface area contributed by atoms with E-state index in [1.807, 2.05) is 24.3 Å². The van der Waals surface area contributed by atoms with Gasteiger partial charge in [0.25, 0.3) is 11.2 Å². The van der Waals surface area contributed by atoms with Gasteiger partial charge in [-0.15, -0.1) is 0 Å². The van der Waals surface area contributed by atoms with Gasteiger partial charge in [-0.2, -0.15) is 5.10 Å². The first-order valence-electron chi connectivity index (χ1n) is 10.5. The predicted octanol–water partition coefficient (Wildman–Crippen LogP) is 3.45. The van der Waals surface area contributed by atoms with Crippen LogP contribution in [0, 0.1) is 10.1 Å². The predicted molar refractivity (Wildman–Crippen MR) is 122 cm³/mol. The average Bonchev–Trinajstić information content (AvgIpc) is 2.81. The summed E-state index contributed by atoms with van der Waals surface area (Å²) < 4.78 is 1.05. The summed E-state index contributed by atoms with van der Waals surface area (Å²) in [6, 6.07) is 16.8. The maximum absolute atomic E-state index is 12.4. The summed E-state index contributed by atoms with van der Waals surface area (Å²) in [5, 5.41) is 17.9. The van der Waals surface area contributed by atoms with Crippen molar-refractivity contribution in [2.45, 2.75) is 25.8 Å². The van der Waals surface area contributed by atoms with Crippen LogP contribution in [-0.2, 0) is 11.3 Å². The summed E-state index contributed by atoms with van der Waals surface area (Å²) in [5.74, 6) is -0.577. The molecule has 1 saturated heterocycles. The van der Waals surface area contributed by atoms with Gasteiger partial charge in [-0.1, -0.05) is 24.3 Å². The van der Waals surface area contributed by atoms with Crippen LogP contribution < -0.4 is 15.8 Å². The normalized spacial score (nSPS) is 13.6. The molecule has 3 aromatic rings. The number of para-hydroxylation sites is 2. The van der Waals surface area contributed by atoms with E-state index in [9.17, 15) is 19.7 Å². The van der Waals surface area contributed by atoms with Crippen molar-refractivity contribution in [2.75, 3.05) is 23.3 Å². The Labute approximate surface area is 184 Å². The third-order valence-corrected chi connectivity index (χ3v) is 5.42. The number of nitro groups is 1. The van der Waals surface area contributed by atoms with Crippen molar-refractivity contribution < 1.29 is 9.72 Å². The van der Waals surface area contributed by atoms with Crippen molar-refractivity contribution in [1.82, 2.24) is 9.78 Å². The van der Waals surface area contributed by atoms with E-state index < -0.39 is 16.4 Å². The largest absolute Gasteiger partial charge is 0.372 e. The molecule has 0 atom stereocenters. The van der Waals surface area contributed by atoms with Crippen LogP contribution in [0.1, 0.15) is 19.3 Å².